The first-order valence-corrected chi connectivity index (χ1v) is 14.1. The fourth-order valence-electron chi connectivity index (χ4n) is 3.74. The molecule has 1 heterocycles. The van der Waals surface area contributed by atoms with E-state index in [0.29, 0.717) is 13.1 Å². The Morgan fingerprint density at radius 1 is 0.811 bits per heavy atom. The van der Waals surface area contributed by atoms with Crippen LogP contribution in [0.3, 0.4) is 0 Å². The van der Waals surface area contributed by atoms with Gasteiger partial charge in [0.1, 0.15) is 0 Å². The quantitative estimate of drug-likeness (QED) is 0.217. The van der Waals surface area contributed by atoms with Gasteiger partial charge in [-0.1, -0.05) is 103 Å². The van der Waals surface area contributed by atoms with E-state index >= 15 is 0 Å². The Morgan fingerprint density at radius 2 is 1.43 bits per heavy atom. The van der Waals surface area contributed by atoms with Gasteiger partial charge in [0.05, 0.1) is 22.2 Å². The summed E-state index contributed by atoms with van der Waals surface area (Å²) in [5.74, 6) is 1.02. The fourth-order valence-corrected chi connectivity index (χ4v) is 5.68. The van der Waals surface area contributed by atoms with Crippen LogP contribution in [0, 0.1) is 0 Å². The zero-order chi connectivity index (χ0) is 25.9. The van der Waals surface area contributed by atoms with Crippen molar-refractivity contribution in [2.45, 2.75) is 31.3 Å². The molecule has 37 heavy (non-hydrogen) atoms. The number of carbonyl (C=O) groups excluding carboxylic acids is 1. The van der Waals surface area contributed by atoms with Crippen molar-refractivity contribution in [3.63, 3.8) is 0 Å². The van der Waals surface area contributed by atoms with Crippen LogP contribution in [0.25, 0.3) is 10.1 Å². The zero-order valence-electron chi connectivity index (χ0n) is 20.8. The van der Waals surface area contributed by atoms with Gasteiger partial charge in [-0.3, -0.25) is 13.5 Å². The van der Waals surface area contributed by atoms with Crippen LogP contribution in [0.15, 0.2) is 119 Å². The number of nitrogens with one attached hydrogen (secondary N) is 1. The average Bonchev–Trinajstić information content (AvgIpc) is 3.27. The van der Waals surface area contributed by atoms with E-state index in [1.54, 1.807) is 15.7 Å². The van der Waals surface area contributed by atoms with E-state index in [1.807, 2.05) is 109 Å². The van der Waals surface area contributed by atoms with Gasteiger partial charge in [0, 0.05) is 11.4 Å². The highest BCUT2D eigenvalue weighted by Gasteiger charge is 2.10. The molecule has 0 unspecified atom stereocenters. The first kappa shape index (κ1) is 26.5. The highest BCUT2D eigenvalue weighted by Crippen LogP contribution is 2.23. The first-order chi connectivity index (χ1) is 18.2. The molecule has 0 fully saturated rings. The molecule has 0 saturated carbocycles. The molecule has 0 aliphatic carbocycles. The number of fused-ring (bicyclic) bond motifs is 1. The molecule has 4 aromatic carbocycles. The lowest BCUT2D eigenvalue weighted by Gasteiger charge is -2.09. The molecule has 0 atom stereocenters. The maximum absolute atomic E-state index is 12.3. The van der Waals surface area contributed by atoms with E-state index in [-0.39, 0.29) is 11.5 Å². The Balaban J connectivity index is 0.000000175. The van der Waals surface area contributed by atoms with Crippen LogP contribution in [0.2, 0.25) is 0 Å². The number of amides is 1. The summed E-state index contributed by atoms with van der Waals surface area (Å²) in [6.45, 7) is 3.36. The first-order valence-electron chi connectivity index (χ1n) is 12.3. The van der Waals surface area contributed by atoms with Gasteiger partial charge in [0.15, 0.2) is 0 Å². The van der Waals surface area contributed by atoms with Gasteiger partial charge < -0.3 is 5.32 Å². The third-order valence-electron chi connectivity index (χ3n) is 5.61. The predicted molar refractivity (Wildman–Crippen MR) is 157 cm³/mol. The lowest BCUT2D eigenvalue weighted by molar-refractivity contribution is 0.0948. The fraction of sp³-hybridized carbons (Fsp3) is 0.161. The average molecular weight is 527 g/mol. The SMILES string of the molecule is CCCSc1ccccc1C(=O)NCc1ccccc1.O=c1c2ccccc2sn1Cc1ccccc1. The molecule has 1 aromatic heterocycles. The summed E-state index contributed by atoms with van der Waals surface area (Å²) in [4.78, 5) is 25.4. The van der Waals surface area contributed by atoms with Crippen molar-refractivity contribution in [3.05, 3.63) is 136 Å². The van der Waals surface area contributed by atoms with Crippen molar-refractivity contribution in [2.75, 3.05) is 5.75 Å². The molecule has 6 heteroatoms. The van der Waals surface area contributed by atoms with Crippen molar-refractivity contribution >= 4 is 39.3 Å². The summed E-state index contributed by atoms with van der Waals surface area (Å²) < 4.78 is 2.86. The molecule has 1 N–H and O–H groups in total. The van der Waals surface area contributed by atoms with Crippen LogP contribution in [-0.4, -0.2) is 15.6 Å². The summed E-state index contributed by atoms with van der Waals surface area (Å²) in [6.07, 6.45) is 1.10. The third-order valence-corrected chi connectivity index (χ3v) is 7.96. The van der Waals surface area contributed by atoms with Crippen molar-refractivity contribution < 1.29 is 4.79 Å². The van der Waals surface area contributed by atoms with Crippen LogP contribution < -0.4 is 10.9 Å². The maximum atomic E-state index is 12.3. The van der Waals surface area contributed by atoms with E-state index < -0.39 is 0 Å². The van der Waals surface area contributed by atoms with E-state index in [4.69, 9.17) is 0 Å². The minimum atomic E-state index is -0.00643. The second-order valence-corrected chi connectivity index (χ2v) is 10.6. The molecular formula is C31H30N2O2S2. The Bertz CT molecular complexity index is 1480. The van der Waals surface area contributed by atoms with Gasteiger partial charge in [0.25, 0.3) is 11.5 Å². The van der Waals surface area contributed by atoms with Crippen molar-refractivity contribution in [1.82, 2.24) is 9.27 Å². The van der Waals surface area contributed by atoms with Gasteiger partial charge in [-0.05, 0) is 47.6 Å². The molecular weight excluding hydrogens is 496 g/mol. The zero-order valence-corrected chi connectivity index (χ0v) is 22.4. The minimum Gasteiger partial charge on any atom is -0.348 e. The Morgan fingerprint density at radius 3 is 2.14 bits per heavy atom. The number of aromatic nitrogens is 1. The topological polar surface area (TPSA) is 51.1 Å². The molecule has 0 spiro atoms. The summed E-state index contributed by atoms with van der Waals surface area (Å²) >= 11 is 3.26. The number of rotatable bonds is 8. The molecule has 188 valence electrons. The number of benzene rings is 4. The van der Waals surface area contributed by atoms with Gasteiger partial charge in [-0.25, -0.2) is 0 Å². The molecule has 0 radical (unpaired) electrons. The molecule has 0 bridgehead atoms. The smallest absolute Gasteiger partial charge is 0.268 e. The van der Waals surface area contributed by atoms with E-state index in [0.717, 1.165) is 43.8 Å². The second-order valence-electron chi connectivity index (χ2n) is 8.43. The largest absolute Gasteiger partial charge is 0.348 e. The maximum Gasteiger partial charge on any atom is 0.268 e. The number of hydrogen-bond acceptors (Lipinski definition) is 4. The number of thioether (sulfide) groups is 1. The van der Waals surface area contributed by atoms with Gasteiger partial charge in [0.2, 0.25) is 0 Å². The predicted octanol–water partition coefficient (Wildman–Crippen LogP) is 7.23. The molecule has 4 nitrogen and oxygen atoms in total. The summed E-state index contributed by atoms with van der Waals surface area (Å²) in [5, 5.41) is 3.79. The molecule has 5 aromatic rings. The van der Waals surface area contributed by atoms with Crippen molar-refractivity contribution in [3.8, 4) is 0 Å². The van der Waals surface area contributed by atoms with Gasteiger partial charge in [-0.2, -0.15) is 0 Å². The number of hydrogen-bond donors (Lipinski definition) is 1. The van der Waals surface area contributed by atoms with Gasteiger partial charge >= 0.3 is 0 Å². The normalized spacial score (nSPS) is 10.5. The van der Waals surface area contributed by atoms with E-state index in [9.17, 15) is 9.59 Å². The van der Waals surface area contributed by atoms with E-state index in [1.165, 1.54) is 11.5 Å². The van der Waals surface area contributed by atoms with Crippen LogP contribution in [0.4, 0.5) is 0 Å². The minimum absolute atomic E-state index is 0.00643. The van der Waals surface area contributed by atoms with Crippen molar-refractivity contribution in [2.24, 2.45) is 0 Å². The van der Waals surface area contributed by atoms with Crippen LogP contribution in [0.5, 0.6) is 0 Å². The number of nitrogens with zero attached hydrogens (tertiary/aromatic N) is 1. The lowest BCUT2D eigenvalue weighted by atomic mass is 10.2. The summed E-state index contributed by atoms with van der Waals surface area (Å²) in [6, 6.07) is 35.5. The highest BCUT2D eigenvalue weighted by atomic mass is 32.2. The standard InChI is InChI=1S/C17H19NOS.C14H11NOS/c1-2-12-20-16-11-7-6-10-15(16)17(19)18-13-14-8-4-3-5-9-14;16-14-12-8-4-5-9-13(12)17-15(14)10-11-6-2-1-3-7-11/h3-11H,2,12-13H2,1H3,(H,18,19);1-9H,10H2. The molecule has 0 aliphatic rings. The molecule has 1 amide bonds. The highest BCUT2D eigenvalue weighted by molar-refractivity contribution is 7.99. The molecule has 0 saturated heterocycles. The monoisotopic (exact) mass is 526 g/mol. The van der Waals surface area contributed by atoms with Crippen LogP contribution >= 0.6 is 23.3 Å². The Kier molecular flexibility index (Phi) is 9.74. The Labute approximate surface area is 226 Å². The lowest BCUT2D eigenvalue weighted by Crippen LogP contribution is -2.23. The van der Waals surface area contributed by atoms with Gasteiger partial charge in [-0.15, -0.1) is 11.8 Å². The third kappa shape index (κ3) is 7.44. The van der Waals surface area contributed by atoms with E-state index in [2.05, 4.69) is 12.2 Å². The summed E-state index contributed by atoms with van der Waals surface area (Å²) in [7, 11) is 0. The second kappa shape index (κ2) is 13.6. The van der Waals surface area contributed by atoms with Crippen LogP contribution in [0.1, 0.15) is 34.8 Å². The Hall–Kier alpha value is -3.61. The molecule has 0 aliphatic heterocycles. The number of carbonyl (C=O) groups is 1. The molecule has 5 rings (SSSR count). The van der Waals surface area contributed by atoms with Crippen LogP contribution in [-0.2, 0) is 13.1 Å². The van der Waals surface area contributed by atoms with Crippen molar-refractivity contribution in [1.29, 1.82) is 0 Å². The summed E-state index contributed by atoms with van der Waals surface area (Å²) in [5.41, 5.74) is 3.14.